The third-order valence-corrected chi connectivity index (χ3v) is 3.54. The molecule has 0 bridgehead atoms. The van der Waals surface area contributed by atoms with E-state index in [4.69, 9.17) is 0 Å². The van der Waals surface area contributed by atoms with Gasteiger partial charge in [-0.15, -0.1) is 0 Å². The summed E-state index contributed by atoms with van der Waals surface area (Å²) in [4.78, 5) is 25.8. The van der Waals surface area contributed by atoms with Crippen LogP contribution in [-0.4, -0.2) is 43.4 Å². The number of imidazole rings is 2. The van der Waals surface area contributed by atoms with E-state index < -0.39 is 0 Å². The van der Waals surface area contributed by atoms with E-state index in [1.165, 1.54) is 0 Å². The fourth-order valence-corrected chi connectivity index (χ4v) is 2.57. The number of piperidine rings is 1. The van der Waals surface area contributed by atoms with Gasteiger partial charge in [-0.3, -0.25) is 4.79 Å². The number of aromatic amines is 1. The van der Waals surface area contributed by atoms with E-state index >= 15 is 0 Å². The van der Waals surface area contributed by atoms with Crippen LogP contribution in [0.2, 0.25) is 0 Å². The Labute approximate surface area is 111 Å². The molecule has 100 valence electrons. The molecule has 0 spiro atoms. The number of aromatic nitrogens is 4. The first kappa shape index (κ1) is 12.0. The molecular weight excluding hydrogens is 242 g/mol. The number of likely N-dealkylation sites (tertiary alicyclic amines) is 1. The molecule has 1 saturated heterocycles. The number of hydrogen-bond donors (Lipinski definition) is 1. The lowest BCUT2D eigenvalue weighted by Gasteiger charge is -2.31. The molecule has 2 aromatic rings. The first-order valence-corrected chi connectivity index (χ1v) is 6.50. The molecule has 19 heavy (non-hydrogen) atoms. The predicted octanol–water partition coefficient (Wildman–Crippen LogP) is 1.16. The molecule has 1 atom stereocenters. The number of rotatable bonds is 2. The second-order valence-corrected chi connectivity index (χ2v) is 4.99. The monoisotopic (exact) mass is 259 g/mol. The summed E-state index contributed by atoms with van der Waals surface area (Å²) in [5.74, 6) is 1.28. The zero-order chi connectivity index (χ0) is 13.2. The van der Waals surface area contributed by atoms with Gasteiger partial charge in [0.25, 0.3) is 5.91 Å². The van der Waals surface area contributed by atoms with Crippen LogP contribution in [0.3, 0.4) is 0 Å². The van der Waals surface area contributed by atoms with Crippen LogP contribution in [0.5, 0.6) is 0 Å². The lowest BCUT2D eigenvalue weighted by molar-refractivity contribution is 0.0699. The fourth-order valence-electron chi connectivity index (χ4n) is 2.57. The topological polar surface area (TPSA) is 66.8 Å². The summed E-state index contributed by atoms with van der Waals surface area (Å²) in [6.07, 6.45) is 9.08. The summed E-state index contributed by atoms with van der Waals surface area (Å²) >= 11 is 0. The number of carbonyl (C=O) groups excluding carboxylic acids is 1. The third-order valence-electron chi connectivity index (χ3n) is 3.54. The highest BCUT2D eigenvalue weighted by atomic mass is 16.2. The normalized spacial score (nSPS) is 19.6. The summed E-state index contributed by atoms with van der Waals surface area (Å²) in [7, 11) is 1.87. The van der Waals surface area contributed by atoms with Gasteiger partial charge in [-0.2, -0.15) is 0 Å². The zero-order valence-corrected chi connectivity index (χ0v) is 10.9. The molecule has 0 radical (unpaired) electrons. The second-order valence-electron chi connectivity index (χ2n) is 4.99. The van der Waals surface area contributed by atoms with E-state index in [9.17, 15) is 4.79 Å². The fraction of sp³-hybridized carbons (Fsp3) is 0.462. The molecule has 6 heteroatoms. The Kier molecular flexibility index (Phi) is 3.06. The van der Waals surface area contributed by atoms with Crippen molar-refractivity contribution in [1.82, 2.24) is 24.4 Å². The first-order chi connectivity index (χ1) is 9.24. The van der Waals surface area contributed by atoms with Gasteiger partial charge < -0.3 is 14.5 Å². The van der Waals surface area contributed by atoms with Crippen molar-refractivity contribution in [1.29, 1.82) is 0 Å². The number of nitrogens with one attached hydrogen (secondary N) is 1. The summed E-state index contributed by atoms with van der Waals surface area (Å²) in [5, 5.41) is 0. The van der Waals surface area contributed by atoms with Crippen molar-refractivity contribution in [3.05, 3.63) is 36.4 Å². The number of carbonyl (C=O) groups is 1. The molecule has 1 aliphatic rings. The minimum Gasteiger partial charge on any atom is -0.348 e. The van der Waals surface area contributed by atoms with Crippen LogP contribution >= 0.6 is 0 Å². The third kappa shape index (κ3) is 2.38. The Balaban J connectivity index is 1.73. The highest BCUT2D eigenvalue weighted by Gasteiger charge is 2.27. The Hall–Kier alpha value is -2.11. The standard InChI is InChI=1S/C13H17N5O/c1-17-8-11(16-9-17)13(19)18-6-2-3-10(7-18)12-14-4-5-15-12/h4-5,8-10H,2-3,6-7H2,1H3,(H,14,15)/t10-/m1/s1. The molecule has 2 aromatic heterocycles. The molecule has 0 unspecified atom stereocenters. The van der Waals surface area contributed by atoms with E-state index in [0.717, 1.165) is 25.2 Å². The molecule has 6 nitrogen and oxygen atoms in total. The number of amides is 1. The molecule has 3 heterocycles. The second kappa shape index (κ2) is 4.87. The molecule has 1 aliphatic heterocycles. The van der Waals surface area contributed by atoms with Gasteiger partial charge in [0.2, 0.25) is 0 Å². The maximum atomic E-state index is 12.3. The average molecular weight is 259 g/mol. The minimum absolute atomic E-state index is 0.0110. The van der Waals surface area contributed by atoms with E-state index in [1.807, 2.05) is 18.1 Å². The summed E-state index contributed by atoms with van der Waals surface area (Å²) in [6, 6.07) is 0. The molecule has 0 aromatic carbocycles. The number of hydrogen-bond acceptors (Lipinski definition) is 3. The molecular formula is C13H17N5O. The maximum Gasteiger partial charge on any atom is 0.274 e. The average Bonchev–Trinajstić information content (AvgIpc) is 3.09. The highest BCUT2D eigenvalue weighted by molar-refractivity contribution is 5.92. The lowest BCUT2D eigenvalue weighted by atomic mass is 9.97. The van der Waals surface area contributed by atoms with Crippen LogP contribution in [0, 0.1) is 0 Å². The zero-order valence-electron chi connectivity index (χ0n) is 10.9. The largest absolute Gasteiger partial charge is 0.348 e. The Morgan fingerprint density at radius 3 is 3.05 bits per heavy atom. The van der Waals surface area contributed by atoms with Crippen molar-refractivity contribution in [3.63, 3.8) is 0 Å². The Morgan fingerprint density at radius 2 is 2.37 bits per heavy atom. The Morgan fingerprint density at radius 1 is 1.47 bits per heavy atom. The molecule has 1 N–H and O–H groups in total. The smallest absolute Gasteiger partial charge is 0.274 e. The van der Waals surface area contributed by atoms with Gasteiger partial charge in [0.15, 0.2) is 0 Å². The van der Waals surface area contributed by atoms with Crippen molar-refractivity contribution in [2.45, 2.75) is 18.8 Å². The van der Waals surface area contributed by atoms with Crippen LogP contribution in [0.25, 0.3) is 0 Å². The molecule has 3 rings (SSSR count). The maximum absolute atomic E-state index is 12.3. The van der Waals surface area contributed by atoms with Gasteiger partial charge in [-0.1, -0.05) is 0 Å². The van der Waals surface area contributed by atoms with E-state index in [0.29, 0.717) is 18.2 Å². The van der Waals surface area contributed by atoms with E-state index in [-0.39, 0.29) is 5.91 Å². The SMILES string of the molecule is Cn1cnc(C(=O)N2CCC[C@@H](c3ncc[nH]3)C2)c1. The van der Waals surface area contributed by atoms with Gasteiger partial charge in [-0.25, -0.2) is 9.97 Å². The number of aryl methyl sites for hydroxylation is 1. The highest BCUT2D eigenvalue weighted by Crippen LogP contribution is 2.25. The summed E-state index contributed by atoms with van der Waals surface area (Å²) < 4.78 is 1.79. The quantitative estimate of drug-likeness (QED) is 0.880. The van der Waals surface area contributed by atoms with Crippen molar-refractivity contribution in [3.8, 4) is 0 Å². The van der Waals surface area contributed by atoms with Crippen molar-refractivity contribution in [2.24, 2.45) is 7.05 Å². The van der Waals surface area contributed by atoms with Crippen molar-refractivity contribution >= 4 is 5.91 Å². The van der Waals surface area contributed by atoms with E-state index in [1.54, 1.807) is 23.3 Å². The van der Waals surface area contributed by atoms with Gasteiger partial charge in [-0.05, 0) is 12.8 Å². The van der Waals surface area contributed by atoms with Crippen LogP contribution in [0.1, 0.15) is 35.1 Å². The first-order valence-electron chi connectivity index (χ1n) is 6.50. The van der Waals surface area contributed by atoms with Crippen LogP contribution in [-0.2, 0) is 7.05 Å². The predicted molar refractivity (Wildman–Crippen MR) is 69.7 cm³/mol. The Bertz CT molecular complexity index is 559. The lowest BCUT2D eigenvalue weighted by Crippen LogP contribution is -2.39. The van der Waals surface area contributed by atoms with Crippen molar-refractivity contribution in [2.75, 3.05) is 13.1 Å². The van der Waals surface area contributed by atoms with Crippen molar-refractivity contribution < 1.29 is 4.79 Å². The van der Waals surface area contributed by atoms with Gasteiger partial charge in [0.05, 0.1) is 6.33 Å². The molecule has 1 fully saturated rings. The van der Waals surface area contributed by atoms with Crippen LogP contribution < -0.4 is 0 Å². The molecule has 1 amide bonds. The van der Waals surface area contributed by atoms with Gasteiger partial charge in [0.1, 0.15) is 11.5 Å². The van der Waals surface area contributed by atoms with Crippen LogP contribution in [0.15, 0.2) is 24.9 Å². The minimum atomic E-state index is 0.0110. The number of H-pyrrole nitrogens is 1. The molecule has 0 saturated carbocycles. The van der Waals surface area contributed by atoms with Crippen LogP contribution in [0.4, 0.5) is 0 Å². The summed E-state index contributed by atoms with van der Waals surface area (Å²) in [5.41, 5.74) is 0.516. The van der Waals surface area contributed by atoms with Gasteiger partial charge >= 0.3 is 0 Å². The van der Waals surface area contributed by atoms with Gasteiger partial charge in [0, 0.05) is 44.6 Å². The molecule has 0 aliphatic carbocycles. The van der Waals surface area contributed by atoms with E-state index in [2.05, 4.69) is 15.0 Å². The number of nitrogens with zero attached hydrogens (tertiary/aromatic N) is 4. The summed E-state index contributed by atoms with van der Waals surface area (Å²) in [6.45, 7) is 1.51.